The molecular formula is C10H15N5O2. The highest BCUT2D eigenvalue weighted by molar-refractivity contribution is 5.00. The van der Waals surface area contributed by atoms with Crippen molar-refractivity contribution in [1.82, 2.24) is 25.1 Å². The van der Waals surface area contributed by atoms with E-state index in [-0.39, 0.29) is 12.0 Å². The average Bonchev–Trinajstić information content (AvgIpc) is 2.86. The van der Waals surface area contributed by atoms with Crippen LogP contribution in [0.2, 0.25) is 0 Å². The molecule has 7 heteroatoms. The van der Waals surface area contributed by atoms with Crippen molar-refractivity contribution in [2.45, 2.75) is 39.3 Å². The number of nitrogens with zero attached hydrogens (tertiary/aromatic N) is 5. The Bertz CT molecular complexity index is 497. The molecule has 0 fully saturated rings. The van der Waals surface area contributed by atoms with Crippen molar-refractivity contribution in [1.29, 1.82) is 0 Å². The van der Waals surface area contributed by atoms with Crippen LogP contribution in [0.5, 0.6) is 0 Å². The summed E-state index contributed by atoms with van der Waals surface area (Å²) in [7, 11) is 0. The molecule has 2 rings (SSSR count). The lowest BCUT2D eigenvalue weighted by atomic mass is 9.96. The summed E-state index contributed by atoms with van der Waals surface area (Å²) in [5, 5.41) is 20.4. The van der Waals surface area contributed by atoms with Crippen LogP contribution in [0.15, 0.2) is 10.7 Å². The minimum absolute atomic E-state index is 0.128. The van der Waals surface area contributed by atoms with Gasteiger partial charge in [-0.25, -0.2) is 4.68 Å². The van der Waals surface area contributed by atoms with E-state index >= 15 is 0 Å². The van der Waals surface area contributed by atoms with Crippen LogP contribution in [-0.4, -0.2) is 30.2 Å². The van der Waals surface area contributed by atoms with Crippen LogP contribution in [0.3, 0.4) is 0 Å². The first kappa shape index (κ1) is 11.7. The molecule has 2 aromatic rings. The first-order chi connectivity index (χ1) is 7.99. The van der Waals surface area contributed by atoms with E-state index in [0.717, 1.165) is 0 Å². The van der Waals surface area contributed by atoms with Crippen molar-refractivity contribution in [3.05, 3.63) is 23.6 Å². The zero-order valence-electron chi connectivity index (χ0n) is 10.1. The highest BCUT2D eigenvalue weighted by Gasteiger charge is 2.21. The van der Waals surface area contributed by atoms with Crippen LogP contribution in [0, 0.1) is 0 Å². The van der Waals surface area contributed by atoms with E-state index in [2.05, 4.69) is 20.5 Å². The van der Waals surface area contributed by atoms with Crippen LogP contribution in [0.25, 0.3) is 0 Å². The SMILES string of the molecule is CC(C)(C)c1noc(Cn2cc(CO)nn2)n1. The number of aromatic nitrogens is 5. The molecule has 0 spiro atoms. The van der Waals surface area contributed by atoms with Gasteiger partial charge >= 0.3 is 0 Å². The molecule has 2 heterocycles. The maximum atomic E-state index is 8.86. The van der Waals surface area contributed by atoms with Gasteiger partial charge in [-0.1, -0.05) is 31.1 Å². The number of aliphatic hydroxyl groups excluding tert-OH is 1. The summed E-state index contributed by atoms with van der Waals surface area (Å²) in [4.78, 5) is 4.28. The van der Waals surface area contributed by atoms with Crippen LogP contribution in [-0.2, 0) is 18.6 Å². The fraction of sp³-hybridized carbons (Fsp3) is 0.600. The molecule has 1 N–H and O–H groups in total. The lowest BCUT2D eigenvalue weighted by Gasteiger charge is -2.10. The molecule has 0 aliphatic rings. The normalized spacial score (nSPS) is 12.0. The van der Waals surface area contributed by atoms with E-state index in [9.17, 15) is 0 Å². The monoisotopic (exact) mass is 237 g/mol. The summed E-state index contributed by atoms with van der Waals surface area (Å²) in [5.74, 6) is 1.14. The van der Waals surface area contributed by atoms with Gasteiger partial charge in [0.25, 0.3) is 0 Å². The zero-order valence-corrected chi connectivity index (χ0v) is 10.1. The van der Waals surface area contributed by atoms with E-state index in [1.165, 1.54) is 0 Å². The van der Waals surface area contributed by atoms with E-state index < -0.39 is 0 Å². The van der Waals surface area contributed by atoms with Crippen molar-refractivity contribution in [3.63, 3.8) is 0 Å². The lowest BCUT2D eigenvalue weighted by Crippen LogP contribution is -2.13. The lowest BCUT2D eigenvalue weighted by molar-refractivity contribution is 0.276. The molecule has 0 aliphatic carbocycles. The Hall–Kier alpha value is -1.76. The zero-order chi connectivity index (χ0) is 12.5. The van der Waals surface area contributed by atoms with E-state index in [1.54, 1.807) is 10.9 Å². The third kappa shape index (κ3) is 2.68. The highest BCUT2D eigenvalue weighted by atomic mass is 16.5. The molecule has 0 saturated heterocycles. The van der Waals surface area contributed by atoms with Crippen LogP contribution >= 0.6 is 0 Å². The van der Waals surface area contributed by atoms with E-state index in [0.29, 0.717) is 24.0 Å². The minimum Gasteiger partial charge on any atom is -0.390 e. The molecule has 0 radical (unpaired) electrons. The second-order valence-electron chi connectivity index (χ2n) is 4.83. The second-order valence-corrected chi connectivity index (χ2v) is 4.83. The predicted molar refractivity (Wildman–Crippen MR) is 58.0 cm³/mol. The second kappa shape index (κ2) is 4.25. The number of hydrogen-bond donors (Lipinski definition) is 1. The summed E-state index contributed by atoms with van der Waals surface area (Å²) in [5.41, 5.74) is 0.376. The average molecular weight is 237 g/mol. The van der Waals surface area contributed by atoms with Gasteiger partial charge < -0.3 is 9.63 Å². The standard InChI is InChI=1S/C10H15N5O2/c1-10(2,3)9-11-8(17-13-9)5-15-4-7(6-16)12-14-15/h4,16H,5-6H2,1-3H3. The Kier molecular flexibility index (Phi) is 2.93. The minimum atomic E-state index is -0.139. The van der Waals surface area contributed by atoms with Gasteiger partial charge in [0.1, 0.15) is 12.2 Å². The van der Waals surface area contributed by atoms with Gasteiger partial charge in [0.15, 0.2) is 5.82 Å². The Morgan fingerprint density at radius 2 is 2.18 bits per heavy atom. The molecule has 7 nitrogen and oxygen atoms in total. The molecule has 2 aromatic heterocycles. The van der Waals surface area contributed by atoms with Gasteiger partial charge in [0, 0.05) is 5.41 Å². The molecule has 17 heavy (non-hydrogen) atoms. The maximum Gasteiger partial charge on any atom is 0.248 e. The molecule has 0 aromatic carbocycles. The summed E-state index contributed by atoms with van der Waals surface area (Å²) >= 11 is 0. The Morgan fingerprint density at radius 1 is 1.41 bits per heavy atom. The first-order valence-electron chi connectivity index (χ1n) is 5.32. The smallest absolute Gasteiger partial charge is 0.248 e. The van der Waals surface area contributed by atoms with Gasteiger partial charge in [-0.3, -0.25) is 0 Å². The quantitative estimate of drug-likeness (QED) is 0.836. The van der Waals surface area contributed by atoms with Gasteiger partial charge in [-0.15, -0.1) is 5.10 Å². The number of hydrogen-bond acceptors (Lipinski definition) is 6. The Morgan fingerprint density at radius 3 is 2.71 bits per heavy atom. The molecule has 0 bridgehead atoms. The predicted octanol–water partition coefficient (Wildman–Crippen LogP) is 0.499. The van der Waals surface area contributed by atoms with Crippen molar-refractivity contribution in [2.24, 2.45) is 0 Å². The third-order valence-electron chi connectivity index (χ3n) is 2.18. The van der Waals surface area contributed by atoms with Gasteiger partial charge in [-0.2, -0.15) is 4.98 Å². The van der Waals surface area contributed by atoms with Crippen molar-refractivity contribution in [3.8, 4) is 0 Å². The molecule has 0 saturated carbocycles. The van der Waals surface area contributed by atoms with E-state index in [1.807, 2.05) is 20.8 Å². The fourth-order valence-electron chi connectivity index (χ4n) is 1.25. The topological polar surface area (TPSA) is 89.9 Å². The molecule has 0 unspecified atom stereocenters. The van der Waals surface area contributed by atoms with E-state index in [4.69, 9.17) is 9.63 Å². The van der Waals surface area contributed by atoms with Gasteiger partial charge in [0.2, 0.25) is 5.89 Å². The fourth-order valence-corrected chi connectivity index (χ4v) is 1.25. The highest BCUT2D eigenvalue weighted by Crippen LogP contribution is 2.18. The van der Waals surface area contributed by atoms with Crippen LogP contribution in [0.1, 0.15) is 38.2 Å². The van der Waals surface area contributed by atoms with Gasteiger partial charge in [0.05, 0.1) is 12.8 Å². The van der Waals surface area contributed by atoms with Crippen molar-refractivity contribution < 1.29 is 9.63 Å². The summed E-state index contributed by atoms with van der Waals surface area (Å²) in [6.07, 6.45) is 1.64. The number of aliphatic hydroxyl groups is 1. The largest absolute Gasteiger partial charge is 0.390 e. The Labute approximate surface area is 98.5 Å². The van der Waals surface area contributed by atoms with Gasteiger partial charge in [-0.05, 0) is 0 Å². The maximum absolute atomic E-state index is 8.86. The summed E-state index contributed by atoms with van der Waals surface area (Å²) in [6, 6.07) is 0. The van der Waals surface area contributed by atoms with Crippen molar-refractivity contribution >= 4 is 0 Å². The third-order valence-corrected chi connectivity index (χ3v) is 2.18. The molecule has 92 valence electrons. The number of rotatable bonds is 3. The van der Waals surface area contributed by atoms with Crippen LogP contribution < -0.4 is 0 Å². The summed E-state index contributed by atoms with van der Waals surface area (Å²) < 4.78 is 6.67. The molecule has 0 atom stereocenters. The van der Waals surface area contributed by atoms with Crippen molar-refractivity contribution in [2.75, 3.05) is 0 Å². The molecule has 0 amide bonds. The molecular weight excluding hydrogens is 222 g/mol. The molecule has 0 aliphatic heterocycles. The van der Waals surface area contributed by atoms with Crippen LogP contribution in [0.4, 0.5) is 0 Å². The Balaban J connectivity index is 2.11. The first-order valence-corrected chi connectivity index (χ1v) is 5.32. The summed E-state index contributed by atoms with van der Waals surface area (Å²) in [6.45, 7) is 6.27.